The van der Waals surface area contributed by atoms with Gasteiger partial charge in [-0.2, -0.15) is 0 Å². The maximum absolute atomic E-state index is 13.5. The van der Waals surface area contributed by atoms with Crippen molar-refractivity contribution >= 4 is 0 Å². The van der Waals surface area contributed by atoms with Crippen LogP contribution >= 0.6 is 0 Å². The lowest BCUT2D eigenvalue weighted by atomic mass is 10.1. The van der Waals surface area contributed by atoms with E-state index in [1.165, 1.54) is 6.07 Å². The number of benzene rings is 2. The zero-order chi connectivity index (χ0) is 13.8. The number of nitrogens with two attached hydrogens (primary N) is 1. The predicted molar refractivity (Wildman–Crippen MR) is 74.5 cm³/mol. The summed E-state index contributed by atoms with van der Waals surface area (Å²) >= 11 is 0. The van der Waals surface area contributed by atoms with Gasteiger partial charge in [0.15, 0.2) is 0 Å². The molecule has 0 spiro atoms. The molecule has 0 amide bonds. The Morgan fingerprint density at radius 2 is 1.74 bits per heavy atom. The summed E-state index contributed by atoms with van der Waals surface area (Å²) in [6, 6.07) is 10.7. The molecule has 0 atom stereocenters. The molecule has 2 rings (SSSR count). The highest BCUT2D eigenvalue weighted by Gasteiger charge is 2.08. The summed E-state index contributed by atoms with van der Waals surface area (Å²) in [5, 5.41) is 0. The molecule has 19 heavy (non-hydrogen) atoms. The molecule has 2 nitrogen and oxygen atoms in total. The van der Waals surface area contributed by atoms with Gasteiger partial charge in [0, 0.05) is 12.1 Å². The maximum Gasteiger partial charge on any atom is 0.129 e. The minimum atomic E-state index is -0.239. The van der Waals surface area contributed by atoms with Crippen LogP contribution in [0.2, 0.25) is 0 Å². The van der Waals surface area contributed by atoms with Crippen LogP contribution in [0, 0.1) is 19.7 Å². The number of halogens is 1. The van der Waals surface area contributed by atoms with E-state index in [0.29, 0.717) is 12.1 Å². The molecule has 0 aliphatic carbocycles. The Labute approximate surface area is 113 Å². The van der Waals surface area contributed by atoms with Gasteiger partial charge in [0.25, 0.3) is 0 Å². The Bertz CT molecular complexity index is 558. The highest BCUT2D eigenvalue weighted by Crippen LogP contribution is 2.26. The van der Waals surface area contributed by atoms with Gasteiger partial charge in [0.1, 0.15) is 18.2 Å². The Morgan fingerprint density at radius 3 is 2.32 bits per heavy atom. The third-order valence-electron chi connectivity index (χ3n) is 3.09. The molecule has 2 aromatic rings. The SMILES string of the molecule is Cc1cc(CN)cc(C)c1OCc1ccccc1F. The summed E-state index contributed by atoms with van der Waals surface area (Å²) in [6.07, 6.45) is 0. The molecule has 100 valence electrons. The van der Waals surface area contributed by atoms with Crippen molar-refractivity contribution in [2.75, 3.05) is 0 Å². The minimum Gasteiger partial charge on any atom is -0.488 e. The Hall–Kier alpha value is -1.87. The van der Waals surface area contributed by atoms with Gasteiger partial charge in [-0.25, -0.2) is 4.39 Å². The van der Waals surface area contributed by atoms with Gasteiger partial charge in [0.2, 0.25) is 0 Å². The molecule has 0 unspecified atom stereocenters. The molecule has 0 aliphatic rings. The van der Waals surface area contributed by atoms with Crippen LogP contribution in [-0.4, -0.2) is 0 Å². The highest BCUT2D eigenvalue weighted by atomic mass is 19.1. The topological polar surface area (TPSA) is 35.2 Å². The van der Waals surface area contributed by atoms with Crippen LogP contribution in [0.3, 0.4) is 0 Å². The predicted octanol–water partition coefficient (Wildman–Crippen LogP) is 3.48. The van der Waals surface area contributed by atoms with Crippen LogP contribution in [-0.2, 0) is 13.2 Å². The summed E-state index contributed by atoms with van der Waals surface area (Å²) in [7, 11) is 0. The summed E-state index contributed by atoms with van der Waals surface area (Å²) in [4.78, 5) is 0. The normalized spacial score (nSPS) is 10.5. The lowest BCUT2D eigenvalue weighted by molar-refractivity contribution is 0.295. The van der Waals surface area contributed by atoms with E-state index in [2.05, 4.69) is 0 Å². The average Bonchev–Trinajstić information content (AvgIpc) is 2.39. The second-order valence-corrected chi connectivity index (χ2v) is 4.64. The highest BCUT2D eigenvalue weighted by molar-refractivity contribution is 5.43. The first kappa shape index (κ1) is 13.6. The molecule has 0 fully saturated rings. The van der Waals surface area contributed by atoms with E-state index in [-0.39, 0.29) is 12.4 Å². The number of rotatable bonds is 4. The molecule has 0 aliphatic heterocycles. The van der Waals surface area contributed by atoms with Crippen molar-refractivity contribution in [2.24, 2.45) is 5.73 Å². The molecule has 0 saturated carbocycles. The summed E-state index contributed by atoms with van der Waals surface area (Å²) in [6.45, 7) is 4.69. The largest absolute Gasteiger partial charge is 0.488 e. The van der Waals surface area contributed by atoms with Crippen LogP contribution in [0.1, 0.15) is 22.3 Å². The Kier molecular flexibility index (Phi) is 4.17. The van der Waals surface area contributed by atoms with Crippen LogP contribution in [0.5, 0.6) is 5.75 Å². The van der Waals surface area contributed by atoms with Crippen LogP contribution in [0.25, 0.3) is 0 Å². The molecule has 2 N–H and O–H groups in total. The number of hydrogen-bond acceptors (Lipinski definition) is 2. The third kappa shape index (κ3) is 3.12. The van der Waals surface area contributed by atoms with Gasteiger partial charge in [0.05, 0.1) is 0 Å². The fraction of sp³-hybridized carbons (Fsp3) is 0.250. The molecule has 0 heterocycles. The van der Waals surface area contributed by atoms with Crippen molar-refractivity contribution in [2.45, 2.75) is 27.0 Å². The molecule has 0 radical (unpaired) electrons. The number of hydrogen-bond donors (Lipinski definition) is 1. The van der Waals surface area contributed by atoms with Crippen LogP contribution in [0.4, 0.5) is 4.39 Å². The van der Waals surface area contributed by atoms with E-state index >= 15 is 0 Å². The van der Waals surface area contributed by atoms with E-state index in [1.54, 1.807) is 18.2 Å². The first-order valence-electron chi connectivity index (χ1n) is 6.28. The van der Waals surface area contributed by atoms with Crippen molar-refractivity contribution in [3.05, 3.63) is 64.5 Å². The lowest BCUT2D eigenvalue weighted by Crippen LogP contribution is -2.03. The Morgan fingerprint density at radius 1 is 1.11 bits per heavy atom. The minimum absolute atomic E-state index is 0.232. The molecular weight excluding hydrogens is 241 g/mol. The monoisotopic (exact) mass is 259 g/mol. The first-order chi connectivity index (χ1) is 9.11. The van der Waals surface area contributed by atoms with Crippen molar-refractivity contribution in [1.29, 1.82) is 0 Å². The average molecular weight is 259 g/mol. The first-order valence-corrected chi connectivity index (χ1v) is 6.28. The van der Waals surface area contributed by atoms with Gasteiger partial charge >= 0.3 is 0 Å². The van der Waals surface area contributed by atoms with E-state index in [1.807, 2.05) is 26.0 Å². The van der Waals surface area contributed by atoms with Crippen LogP contribution < -0.4 is 10.5 Å². The zero-order valence-corrected chi connectivity index (χ0v) is 11.2. The summed E-state index contributed by atoms with van der Waals surface area (Å²) in [5.41, 5.74) is 9.32. The zero-order valence-electron chi connectivity index (χ0n) is 11.2. The lowest BCUT2D eigenvalue weighted by Gasteiger charge is -2.14. The second-order valence-electron chi connectivity index (χ2n) is 4.64. The molecule has 3 heteroatoms. The fourth-order valence-corrected chi connectivity index (χ4v) is 2.15. The smallest absolute Gasteiger partial charge is 0.129 e. The fourth-order valence-electron chi connectivity index (χ4n) is 2.15. The van der Waals surface area contributed by atoms with Crippen molar-refractivity contribution < 1.29 is 9.13 Å². The third-order valence-corrected chi connectivity index (χ3v) is 3.09. The quantitative estimate of drug-likeness (QED) is 0.912. The maximum atomic E-state index is 13.5. The Balaban J connectivity index is 2.18. The van der Waals surface area contributed by atoms with E-state index < -0.39 is 0 Å². The number of aryl methyl sites for hydroxylation is 2. The van der Waals surface area contributed by atoms with Crippen molar-refractivity contribution in [3.63, 3.8) is 0 Å². The van der Waals surface area contributed by atoms with Crippen LogP contribution in [0.15, 0.2) is 36.4 Å². The van der Waals surface area contributed by atoms with Gasteiger partial charge in [-0.3, -0.25) is 0 Å². The molecular formula is C16H18FNO. The van der Waals surface area contributed by atoms with E-state index in [4.69, 9.17) is 10.5 Å². The second kappa shape index (κ2) is 5.85. The van der Waals surface area contributed by atoms with Gasteiger partial charge in [-0.1, -0.05) is 30.3 Å². The summed E-state index contributed by atoms with van der Waals surface area (Å²) < 4.78 is 19.3. The van der Waals surface area contributed by atoms with Crippen molar-refractivity contribution in [1.82, 2.24) is 0 Å². The van der Waals surface area contributed by atoms with E-state index in [9.17, 15) is 4.39 Å². The summed E-state index contributed by atoms with van der Waals surface area (Å²) in [5.74, 6) is 0.567. The van der Waals surface area contributed by atoms with Gasteiger partial charge in [-0.15, -0.1) is 0 Å². The standard InChI is InChI=1S/C16H18FNO/c1-11-7-13(9-18)8-12(2)16(11)19-10-14-5-3-4-6-15(14)17/h3-8H,9-10,18H2,1-2H3. The molecule has 0 bridgehead atoms. The van der Waals surface area contributed by atoms with Gasteiger partial charge in [-0.05, 0) is 36.6 Å². The molecule has 0 saturated heterocycles. The van der Waals surface area contributed by atoms with Crippen molar-refractivity contribution in [3.8, 4) is 5.75 Å². The molecule has 0 aromatic heterocycles. The van der Waals surface area contributed by atoms with E-state index in [0.717, 1.165) is 22.4 Å². The van der Waals surface area contributed by atoms with Gasteiger partial charge < -0.3 is 10.5 Å². The number of ether oxygens (including phenoxy) is 1. The molecule has 2 aromatic carbocycles.